The quantitative estimate of drug-likeness (QED) is 0.719. The molecule has 15 heavy (non-hydrogen) atoms. The summed E-state index contributed by atoms with van der Waals surface area (Å²) < 4.78 is 35.2. The Balaban J connectivity index is 3.58. The van der Waals surface area contributed by atoms with Crippen molar-refractivity contribution in [1.82, 2.24) is 5.32 Å². The first-order valence-electron chi connectivity index (χ1n) is 4.88. The topological polar surface area (TPSA) is 55.1 Å². The zero-order chi connectivity index (χ0) is 11.9. The van der Waals surface area contributed by atoms with Crippen LogP contribution in [0, 0.1) is 5.92 Å². The van der Waals surface area contributed by atoms with Crippen LogP contribution in [0.25, 0.3) is 0 Å². The molecule has 0 heterocycles. The summed E-state index contributed by atoms with van der Waals surface area (Å²) in [6.45, 7) is 2.78. The summed E-state index contributed by atoms with van der Waals surface area (Å²) >= 11 is 0. The highest BCUT2D eigenvalue weighted by molar-refractivity contribution is 5.75. The van der Waals surface area contributed by atoms with E-state index >= 15 is 0 Å². The van der Waals surface area contributed by atoms with E-state index in [0.29, 0.717) is 13.1 Å². The Morgan fingerprint density at radius 3 is 2.53 bits per heavy atom. The summed E-state index contributed by atoms with van der Waals surface area (Å²) in [6.07, 6.45) is -5.08. The van der Waals surface area contributed by atoms with Crippen LogP contribution in [0.5, 0.6) is 0 Å². The molecule has 90 valence electrons. The molecule has 1 atom stereocenters. The van der Waals surface area contributed by atoms with Gasteiger partial charge in [-0.2, -0.15) is 13.2 Å². The molecular weight excluding hydrogens is 209 g/mol. The minimum absolute atomic E-state index is 0.199. The third-order valence-electron chi connectivity index (χ3n) is 1.94. The molecule has 6 heteroatoms. The molecule has 1 amide bonds. The van der Waals surface area contributed by atoms with Gasteiger partial charge in [0.25, 0.3) is 0 Å². The van der Waals surface area contributed by atoms with Gasteiger partial charge in [-0.25, -0.2) is 0 Å². The maximum Gasteiger partial charge on any atom is 0.389 e. The van der Waals surface area contributed by atoms with Gasteiger partial charge in [-0.1, -0.05) is 6.92 Å². The monoisotopic (exact) mass is 226 g/mol. The molecule has 3 nitrogen and oxygen atoms in total. The van der Waals surface area contributed by atoms with Crippen LogP contribution in [-0.2, 0) is 4.79 Å². The van der Waals surface area contributed by atoms with Crippen LogP contribution in [0.2, 0.25) is 0 Å². The van der Waals surface area contributed by atoms with Gasteiger partial charge in [0.15, 0.2) is 0 Å². The number of hydrogen-bond donors (Lipinski definition) is 2. The summed E-state index contributed by atoms with van der Waals surface area (Å²) in [7, 11) is 0. The molecule has 0 bridgehead atoms. The largest absolute Gasteiger partial charge is 0.389 e. The van der Waals surface area contributed by atoms with Crippen LogP contribution in [0.3, 0.4) is 0 Å². The Kier molecular flexibility index (Phi) is 6.31. The van der Waals surface area contributed by atoms with E-state index in [1.807, 2.05) is 6.92 Å². The van der Waals surface area contributed by atoms with Crippen molar-refractivity contribution in [2.45, 2.75) is 32.4 Å². The van der Waals surface area contributed by atoms with Crippen molar-refractivity contribution < 1.29 is 18.0 Å². The number of nitrogens with one attached hydrogen (secondary N) is 1. The van der Waals surface area contributed by atoms with Gasteiger partial charge >= 0.3 is 6.18 Å². The highest BCUT2D eigenvalue weighted by atomic mass is 19.4. The van der Waals surface area contributed by atoms with Crippen molar-refractivity contribution in [2.24, 2.45) is 11.7 Å². The minimum Gasteiger partial charge on any atom is -0.356 e. The molecule has 0 aliphatic carbocycles. The van der Waals surface area contributed by atoms with Gasteiger partial charge in [-0.15, -0.1) is 0 Å². The first-order chi connectivity index (χ1) is 6.85. The fourth-order valence-corrected chi connectivity index (χ4v) is 1.02. The van der Waals surface area contributed by atoms with E-state index in [1.165, 1.54) is 0 Å². The van der Waals surface area contributed by atoms with Crippen LogP contribution in [0.4, 0.5) is 13.2 Å². The van der Waals surface area contributed by atoms with E-state index in [-0.39, 0.29) is 5.92 Å². The van der Waals surface area contributed by atoms with Crippen LogP contribution < -0.4 is 11.1 Å². The molecule has 0 radical (unpaired) electrons. The summed E-state index contributed by atoms with van der Waals surface area (Å²) in [4.78, 5) is 11.0. The smallest absolute Gasteiger partial charge is 0.356 e. The predicted molar refractivity (Wildman–Crippen MR) is 51.1 cm³/mol. The Hall–Kier alpha value is -0.780. The summed E-state index contributed by atoms with van der Waals surface area (Å²) in [5.74, 6) is -0.360. The van der Waals surface area contributed by atoms with Gasteiger partial charge in [0, 0.05) is 13.0 Å². The number of rotatable bonds is 6. The molecule has 1 unspecified atom stereocenters. The molecule has 0 aromatic carbocycles. The summed E-state index contributed by atoms with van der Waals surface area (Å²) in [6, 6.07) is 0. The van der Waals surface area contributed by atoms with E-state index in [4.69, 9.17) is 5.73 Å². The molecule has 0 saturated heterocycles. The van der Waals surface area contributed by atoms with Gasteiger partial charge in [-0.3, -0.25) is 4.79 Å². The Morgan fingerprint density at radius 2 is 2.07 bits per heavy atom. The van der Waals surface area contributed by atoms with Gasteiger partial charge in [0.05, 0.1) is 6.42 Å². The van der Waals surface area contributed by atoms with Crippen LogP contribution in [0.1, 0.15) is 26.2 Å². The zero-order valence-electron chi connectivity index (χ0n) is 8.73. The second-order valence-corrected chi connectivity index (χ2v) is 3.60. The number of hydrogen-bond acceptors (Lipinski definition) is 2. The van der Waals surface area contributed by atoms with Gasteiger partial charge in [0.1, 0.15) is 0 Å². The first-order valence-corrected chi connectivity index (χ1v) is 4.88. The lowest BCUT2D eigenvalue weighted by molar-refractivity contribution is -0.144. The zero-order valence-corrected chi connectivity index (χ0v) is 8.73. The third kappa shape index (κ3) is 9.52. The molecule has 0 aromatic heterocycles. The second kappa shape index (κ2) is 6.66. The minimum atomic E-state index is -4.26. The molecule has 0 rings (SSSR count). The van der Waals surface area contributed by atoms with Crippen molar-refractivity contribution in [3.63, 3.8) is 0 Å². The van der Waals surface area contributed by atoms with E-state index in [2.05, 4.69) is 5.32 Å². The number of alkyl halides is 3. The number of halogens is 3. The lowest BCUT2D eigenvalue weighted by Gasteiger charge is -2.11. The average Bonchev–Trinajstić information content (AvgIpc) is 2.11. The lowest BCUT2D eigenvalue weighted by Crippen LogP contribution is -2.29. The highest BCUT2D eigenvalue weighted by Crippen LogP contribution is 2.20. The maximum absolute atomic E-state index is 11.7. The first kappa shape index (κ1) is 14.2. The molecule has 0 aliphatic heterocycles. The van der Waals surface area contributed by atoms with Crippen molar-refractivity contribution in [2.75, 3.05) is 13.1 Å². The van der Waals surface area contributed by atoms with E-state index in [9.17, 15) is 18.0 Å². The van der Waals surface area contributed by atoms with Gasteiger partial charge < -0.3 is 11.1 Å². The van der Waals surface area contributed by atoms with Gasteiger partial charge in [-0.05, 0) is 18.9 Å². The molecule has 0 aromatic rings. The molecule has 0 spiro atoms. The Bertz CT molecular complexity index is 194. The van der Waals surface area contributed by atoms with Gasteiger partial charge in [0.2, 0.25) is 5.91 Å². The maximum atomic E-state index is 11.7. The fourth-order valence-electron chi connectivity index (χ4n) is 1.02. The molecule has 0 fully saturated rings. The van der Waals surface area contributed by atoms with Crippen molar-refractivity contribution in [1.29, 1.82) is 0 Å². The standard InChI is InChI=1S/C9H17F3N2O/c1-7(3-5-13)6-14-8(15)2-4-9(10,11)12/h7H,2-6,13H2,1H3,(H,14,15). The average molecular weight is 226 g/mol. The highest BCUT2D eigenvalue weighted by Gasteiger charge is 2.27. The molecular formula is C9H17F3N2O. The third-order valence-corrected chi connectivity index (χ3v) is 1.94. The van der Waals surface area contributed by atoms with E-state index < -0.39 is 24.9 Å². The molecule has 0 saturated carbocycles. The Morgan fingerprint density at radius 1 is 1.47 bits per heavy atom. The molecule has 0 aliphatic rings. The number of carbonyl (C=O) groups is 1. The van der Waals surface area contributed by atoms with Crippen molar-refractivity contribution >= 4 is 5.91 Å². The van der Waals surface area contributed by atoms with Crippen molar-refractivity contribution in [3.05, 3.63) is 0 Å². The Labute approximate surface area is 87.2 Å². The molecule has 3 N–H and O–H groups in total. The van der Waals surface area contributed by atoms with Crippen LogP contribution >= 0.6 is 0 Å². The lowest BCUT2D eigenvalue weighted by atomic mass is 10.1. The van der Waals surface area contributed by atoms with Crippen molar-refractivity contribution in [3.8, 4) is 0 Å². The number of amides is 1. The number of carbonyl (C=O) groups excluding carboxylic acids is 1. The normalized spacial score (nSPS) is 13.7. The summed E-state index contributed by atoms with van der Waals surface area (Å²) in [5.41, 5.74) is 5.29. The van der Waals surface area contributed by atoms with E-state index in [0.717, 1.165) is 6.42 Å². The predicted octanol–water partition coefficient (Wildman–Crippen LogP) is 1.43. The van der Waals surface area contributed by atoms with Crippen LogP contribution in [-0.4, -0.2) is 25.2 Å². The second-order valence-electron chi connectivity index (χ2n) is 3.60. The van der Waals surface area contributed by atoms with E-state index in [1.54, 1.807) is 0 Å². The SMILES string of the molecule is CC(CCN)CNC(=O)CCC(F)(F)F. The number of nitrogens with two attached hydrogens (primary N) is 1. The van der Waals surface area contributed by atoms with Crippen LogP contribution in [0.15, 0.2) is 0 Å². The fraction of sp³-hybridized carbons (Fsp3) is 0.889. The summed E-state index contributed by atoms with van der Waals surface area (Å²) in [5, 5.41) is 2.45.